The van der Waals surface area contributed by atoms with Crippen LogP contribution in [0.5, 0.6) is 0 Å². The largest absolute Gasteiger partial charge is 0.396 e. The van der Waals surface area contributed by atoms with Crippen LogP contribution in [0.15, 0.2) is 60.7 Å². The standard InChI is InChI=1S/C18H23NO2/c1-19(12-15-8-4-2-5-9-15)18(17(13-20)14-21)16-10-6-3-7-11-16/h2-11,17-18,20-21H,12-14H2,1H3. The third-order valence-electron chi connectivity index (χ3n) is 3.81. The molecule has 0 aliphatic carbocycles. The fourth-order valence-corrected chi connectivity index (χ4v) is 2.76. The summed E-state index contributed by atoms with van der Waals surface area (Å²) in [4.78, 5) is 2.18. The second kappa shape index (κ2) is 7.93. The summed E-state index contributed by atoms with van der Waals surface area (Å²) in [5.41, 5.74) is 2.33. The van der Waals surface area contributed by atoms with Crippen LogP contribution >= 0.6 is 0 Å². The van der Waals surface area contributed by atoms with Gasteiger partial charge in [-0.2, -0.15) is 0 Å². The summed E-state index contributed by atoms with van der Waals surface area (Å²) in [5, 5.41) is 19.2. The summed E-state index contributed by atoms with van der Waals surface area (Å²) < 4.78 is 0. The summed E-state index contributed by atoms with van der Waals surface area (Å²) in [5.74, 6) is -0.193. The van der Waals surface area contributed by atoms with E-state index in [1.165, 1.54) is 5.56 Å². The number of hydrogen-bond acceptors (Lipinski definition) is 3. The molecule has 0 spiro atoms. The fourth-order valence-electron chi connectivity index (χ4n) is 2.76. The average molecular weight is 285 g/mol. The topological polar surface area (TPSA) is 43.7 Å². The molecule has 21 heavy (non-hydrogen) atoms. The predicted octanol–water partition coefficient (Wildman–Crippen LogP) is 2.46. The minimum absolute atomic E-state index is 0.0126. The lowest BCUT2D eigenvalue weighted by Crippen LogP contribution is -2.34. The number of nitrogens with zero attached hydrogens (tertiary/aromatic N) is 1. The first-order chi connectivity index (χ1) is 10.3. The molecule has 3 nitrogen and oxygen atoms in total. The molecule has 0 fully saturated rings. The van der Waals surface area contributed by atoms with E-state index in [0.717, 1.165) is 12.1 Å². The number of aliphatic hydroxyl groups excluding tert-OH is 2. The highest BCUT2D eigenvalue weighted by Gasteiger charge is 2.26. The molecule has 3 heteroatoms. The molecule has 2 N–H and O–H groups in total. The molecule has 1 atom stereocenters. The Labute approximate surface area is 126 Å². The molecule has 112 valence electrons. The Morgan fingerprint density at radius 3 is 1.90 bits per heavy atom. The lowest BCUT2D eigenvalue weighted by Gasteiger charge is -2.33. The number of hydrogen-bond donors (Lipinski definition) is 2. The minimum atomic E-state index is -0.193. The highest BCUT2D eigenvalue weighted by molar-refractivity contribution is 5.21. The maximum atomic E-state index is 9.59. The molecule has 0 saturated carbocycles. The molecular weight excluding hydrogens is 262 g/mol. The van der Waals surface area contributed by atoms with E-state index in [9.17, 15) is 10.2 Å². The molecule has 0 saturated heterocycles. The molecule has 0 amide bonds. The van der Waals surface area contributed by atoms with Crippen LogP contribution in [0.4, 0.5) is 0 Å². The first-order valence-corrected chi connectivity index (χ1v) is 7.27. The summed E-state index contributed by atoms with van der Waals surface area (Å²) >= 11 is 0. The monoisotopic (exact) mass is 285 g/mol. The predicted molar refractivity (Wildman–Crippen MR) is 84.8 cm³/mol. The highest BCUT2D eigenvalue weighted by Crippen LogP contribution is 2.28. The average Bonchev–Trinajstić information content (AvgIpc) is 2.54. The normalized spacial score (nSPS) is 12.8. The van der Waals surface area contributed by atoms with Gasteiger partial charge in [0.1, 0.15) is 0 Å². The SMILES string of the molecule is CN(Cc1ccccc1)C(c1ccccc1)C(CO)CO. The third kappa shape index (κ3) is 4.14. The molecule has 0 heterocycles. The highest BCUT2D eigenvalue weighted by atomic mass is 16.3. The van der Waals surface area contributed by atoms with E-state index in [-0.39, 0.29) is 25.2 Å². The van der Waals surface area contributed by atoms with E-state index in [2.05, 4.69) is 17.0 Å². The zero-order valence-electron chi connectivity index (χ0n) is 12.4. The minimum Gasteiger partial charge on any atom is -0.396 e. The van der Waals surface area contributed by atoms with Crippen molar-refractivity contribution in [2.24, 2.45) is 5.92 Å². The van der Waals surface area contributed by atoms with E-state index < -0.39 is 0 Å². The smallest absolute Gasteiger partial charge is 0.0499 e. The Hall–Kier alpha value is -1.68. The van der Waals surface area contributed by atoms with Gasteiger partial charge in [0.05, 0.1) is 0 Å². The van der Waals surface area contributed by atoms with Gasteiger partial charge in [-0.1, -0.05) is 60.7 Å². The van der Waals surface area contributed by atoms with Crippen LogP contribution in [-0.4, -0.2) is 35.4 Å². The Morgan fingerprint density at radius 2 is 1.38 bits per heavy atom. The van der Waals surface area contributed by atoms with Crippen LogP contribution in [0.3, 0.4) is 0 Å². The summed E-state index contributed by atoms with van der Waals surface area (Å²) in [6.07, 6.45) is 0. The lowest BCUT2D eigenvalue weighted by atomic mass is 9.92. The molecular formula is C18H23NO2. The summed E-state index contributed by atoms with van der Waals surface area (Å²) in [6, 6.07) is 20.3. The van der Waals surface area contributed by atoms with Crippen molar-refractivity contribution in [2.75, 3.05) is 20.3 Å². The van der Waals surface area contributed by atoms with Gasteiger partial charge in [0, 0.05) is 31.7 Å². The second-order valence-corrected chi connectivity index (χ2v) is 5.38. The zero-order valence-corrected chi connectivity index (χ0v) is 12.4. The quantitative estimate of drug-likeness (QED) is 0.821. The van der Waals surface area contributed by atoms with Crippen LogP contribution in [0.1, 0.15) is 17.2 Å². The second-order valence-electron chi connectivity index (χ2n) is 5.38. The molecule has 0 aliphatic rings. The van der Waals surface area contributed by atoms with Crippen molar-refractivity contribution in [2.45, 2.75) is 12.6 Å². The number of rotatable bonds is 7. The first kappa shape index (κ1) is 15.7. The lowest BCUT2D eigenvalue weighted by molar-refractivity contribution is 0.0662. The number of aliphatic hydroxyl groups is 2. The summed E-state index contributed by atoms with van der Waals surface area (Å²) in [6.45, 7) is 0.710. The maximum absolute atomic E-state index is 9.59. The third-order valence-corrected chi connectivity index (χ3v) is 3.81. The molecule has 2 rings (SSSR count). The van der Waals surface area contributed by atoms with Crippen molar-refractivity contribution in [3.05, 3.63) is 71.8 Å². The Balaban J connectivity index is 2.22. The van der Waals surface area contributed by atoms with Crippen LogP contribution in [0.25, 0.3) is 0 Å². The van der Waals surface area contributed by atoms with Crippen molar-refractivity contribution in [1.29, 1.82) is 0 Å². The van der Waals surface area contributed by atoms with Crippen LogP contribution in [-0.2, 0) is 6.54 Å². The molecule has 0 bridgehead atoms. The van der Waals surface area contributed by atoms with E-state index in [1.807, 2.05) is 55.6 Å². The number of benzene rings is 2. The van der Waals surface area contributed by atoms with Gasteiger partial charge in [0.2, 0.25) is 0 Å². The molecule has 1 unspecified atom stereocenters. The van der Waals surface area contributed by atoms with E-state index in [0.29, 0.717) is 0 Å². The maximum Gasteiger partial charge on any atom is 0.0499 e. The van der Waals surface area contributed by atoms with Crippen molar-refractivity contribution < 1.29 is 10.2 Å². The van der Waals surface area contributed by atoms with E-state index >= 15 is 0 Å². The Kier molecular flexibility index (Phi) is 5.93. The molecule has 0 radical (unpaired) electrons. The van der Waals surface area contributed by atoms with Gasteiger partial charge < -0.3 is 10.2 Å². The zero-order chi connectivity index (χ0) is 15.1. The molecule has 2 aromatic carbocycles. The van der Waals surface area contributed by atoms with Gasteiger partial charge >= 0.3 is 0 Å². The van der Waals surface area contributed by atoms with Crippen LogP contribution < -0.4 is 0 Å². The van der Waals surface area contributed by atoms with Crippen molar-refractivity contribution in [3.8, 4) is 0 Å². The first-order valence-electron chi connectivity index (χ1n) is 7.27. The molecule has 0 aromatic heterocycles. The Morgan fingerprint density at radius 1 is 0.857 bits per heavy atom. The van der Waals surface area contributed by atoms with Gasteiger partial charge in [-0.05, 0) is 18.2 Å². The van der Waals surface area contributed by atoms with Crippen molar-refractivity contribution in [3.63, 3.8) is 0 Å². The van der Waals surface area contributed by atoms with Gasteiger partial charge in [-0.3, -0.25) is 4.90 Å². The Bertz CT molecular complexity index is 511. The van der Waals surface area contributed by atoms with Gasteiger partial charge in [-0.15, -0.1) is 0 Å². The van der Waals surface area contributed by atoms with Crippen molar-refractivity contribution >= 4 is 0 Å². The molecule has 2 aromatic rings. The summed E-state index contributed by atoms with van der Waals surface area (Å²) in [7, 11) is 2.03. The van der Waals surface area contributed by atoms with Crippen LogP contribution in [0, 0.1) is 5.92 Å². The van der Waals surface area contributed by atoms with Gasteiger partial charge in [0.15, 0.2) is 0 Å². The fraction of sp³-hybridized carbons (Fsp3) is 0.333. The van der Waals surface area contributed by atoms with Gasteiger partial charge in [-0.25, -0.2) is 0 Å². The van der Waals surface area contributed by atoms with Crippen molar-refractivity contribution in [1.82, 2.24) is 4.90 Å². The van der Waals surface area contributed by atoms with E-state index in [4.69, 9.17) is 0 Å². The van der Waals surface area contributed by atoms with E-state index in [1.54, 1.807) is 0 Å². The van der Waals surface area contributed by atoms with Crippen LogP contribution in [0.2, 0.25) is 0 Å². The molecule has 0 aliphatic heterocycles. The van der Waals surface area contributed by atoms with Gasteiger partial charge in [0.25, 0.3) is 0 Å².